The van der Waals surface area contributed by atoms with Crippen molar-refractivity contribution in [2.75, 3.05) is 32.2 Å². The molecule has 3 N–H and O–H groups in total. The van der Waals surface area contributed by atoms with Crippen molar-refractivity contribution in [1.29, 1.82) is 5.26 Å². The second-order valence-electron chi connectivity index (χ2n) is 7.57. The second-order valence-corrected chi connectivity index (χ2v) is 7.57. The first-order valence-electron chi connectivity index (χ1n) is 10.8. The molecule has 2 aromatic carbocycles. The number of aromatic amines is 1. The standard InChI is InChI=1S/C25H27N5O3/c1-5-30(6-2)16-9-7-15(8-10-16)21-19(14-26)24(27)33-25-22(21)23(28-29-25)18-13-17(31-3)11-12-20(18)32-4/h7-13,21H,5-6,27H2,1-4H3,(H,28,29)/t21-/m0/s1. The lowest BCUT2D eigenvalue weighted by Crippen LogP contribution is -2.22. The van der Waals surface area contributed by atoms with Gasteiger partial charge in [-0.15, -0.1) is 5.10 Å². The van der Waals surface area contributed by atoms with Crippen molar-refractivity contribution in [1.82, 2.24) is 10.2 Å². The van der Waals surface area contributed by atoms with E-state index in [4.69, 9.17) is 19.9 Å². The van der Waals surface area contributed by atoms with Crippen LogP contribution >= 0.6 is 0 Å². The van der Waals surface area contributed by atoms with Gasteiger partial charge in [0.2, 0.25) is 11.8 Å². The molecule has 8 nitrogen and oxygen atoms in total. The number of anilines is 1. The maximum Gasteiger partial charge on any atom is 0.244 e. The summed E-state index contributed by atoms with van der Waals surface area (Å²) >= 11 is 0. The minimum Gasteiger partial charge on any atom is -0.497 e. The van der Waals surface area contributed by atoms with Crippen molar-refractivity contribution in [2.24, 2.45) is 5.73 Å². The van der Waals surface area contributed by atoms with Gasteiger partial charge in [0.25, 0.3) is 0 Å². The van der Waals surface area contributed by atoms with E-state index in [0.717, 1.165) is 35.5 Å². The lowest BCUT2D eigenvalue weighted by molar-refractivity contribution is 0.379. The van der Waals surface area contributed by atoms with E-state index in [1.54, 1.807) is 14.2 Å². The Balaban J connectivity index is 1.89. The fourth-order valence-electron chi connectivity index (χ4n) is 4.26. The van der Waals surface area contributed by atoms with Gasteiger partial charge in [0, 0.05) is 24.3 Å². The Morgan fingerprint density at radius 1 is 1.12 bits per heavy atom. The number of hydrogen-bond acceptors (Lipinski definition) is 7. The molecule has 3 aromatic rings. The average molecular weight is 446 g/mol. The highest BCUT2D eigenvalue weighted by atomic mass is 16.5. The van der Waals surface area contributed by atoms with Crippen molar-refractivity contribution >= 4 is 5.69 Å². The summed E-state index contributed by atoms with van der Waals surface area (Å²) in [5.41, 5.74) is 10.7. The van der Waals surface area contributed by atoms with Gasteiger partial charge in [-0.05, 0) is 49.7 Å². The number of rotatable bonds is 7. The molecular formula is C25H27N5O3. The molecule has 8 heteroatoms. The summed E-state index contributed by atoms with van der Waals surface area (Å²) in [6, 6.07) is 15.9. The summed E-state index contributed by atoms with van der Waals surface area (Å²) < 4.78 is 16.7. The molecule has 0 bridgehead atoms. The number of nitrogens with two attached hydrogens (primary N) is 1. The van der Waals surface area contributed by atoms with Crippen LogP contribution in [0.2, 0.25) is 0 Å². The number of aromatic nitrogens is 2. The molecule has 0 fully saturated rings. The van der Waals surface area contributed by atoms with E-state index in [1.807, 2.05) is 30.3 Å². The zero-order chi connectivity index (χ0) is 23.5. The van der Waals surface area contributed by atoms with Crippen LogP contribution in [0.1, 0.15) is 30.9 Å². The quantitative estimate of drug-likeness (QED) is 0.562. The van der Waals surface area contributed by atoms with Gasteiger partial charge in [-0.3, -0.25) is 5.10 Å². The van der Waals surface area contributed by atoms with E-state index in [2.05, 4.69) is 47.1 Å². The topological polar surface area (TPSA) is 109 Å². The van der Waals surface area contributed by atoms with Crippen molar-refractivity contribution < 1.29 is 14.2 Å². The predicted octanol–water partition coefficient (Wildman–Crippen LogP) is 4.16. The van der Waals surface area contributed by atoms with Crippen LogP contribution in [-0.2, 0) is 0 Å². The SMILES string of the molecule is CCN(CC)c1ccc([C@H]2C(C#N)=C(N)Oc3n[nH]c(-c4cc(OC)ccc4OC)c32)cc1. The minimum atomic E-state index is -0.450. The third kappa shape index (κ3) is 3.82. The number of nitrogens with zero attached hydrogens (tertiary/aromatic N) is 3. The van der Waals surface area contributed by atoms with Crippen molar-refractivity contribution in [3.63, 3.8) is 0 Å². The summed E-state index contributed by atoms with van der Waals surface area (Å²) in [5, 5.41) is 17.4. The van der Waals surface area contributed by atoms with Crippen LogP contribution in [0.25, 0.3) is 11.3 Å². The molecule has 0 amide bonds. The summed E-state index contributed by atoms with van der Waals surface area (Å²) in [6.07, 6.45) is 0. The Morgan fingerprint density at radius 2 is 1.85 bits per heavy atom. The largest absolute Gasteiger partial charge is 0.497 e. The van der Waals surface area contributed by atoms with Crippen LogP contribution in [0.4, 0.5) is 5.69 Å². The van der Waals surface area contributed by atoms with Crippen molar-refractivity contribution in [2.45, 2.75) is 19.8 Å². The molecule has 1 atom stereocenters. The number of ether oxygens (including phenoxy) is 3. The highest BCUT2D eigenvalue weighted by Gasteiger charge is 2.36. The van der Waals surface area contributed by atoms with Gasteiger partial charge in [0.05, 0.1) is 31.4 Å². The van der Waals surface area contributed by atoms with E-state index >= 15 is 0 Å². The van der Waals surface area contributed by atoms with E-state index < -0.39 is 5.92 Å². The third-order valence-corrected chi connectivity index (χ3v) is 5.97. The lowest BCUT2D eigenvalue weighted by Gasteiger charge is -2.26. The maximum atomic E-state index is 9.97. The zero-order valence-corrected chi connectivity index (χ0v) is 19.2. The van der Waals surface area contributed by atoms with Gasteiger partial charge >= 0.3 is 0 Å². The van der Waals surface area contributed by atoms with Gasteiger partial charge in [-0.25, -0.2) is 0 Å². The van der Waals surface area contributed by atoms with E-state index in [9.17, 15) is 5.26 Å². The van der Waals surface area contributed by atoms with Gasteiger partial charge in [-0.1, -0.05) is 12.1 Å². The van der Waals surface area contributed by atoms with E-state index in [1.165, 1.54) is 0 Å². The Hall–Kier alpha value is -4.12. The summed E-state index contributed by atoms with van der Waals surface area (Å²) in [4.78, 5) is 2.26. The molecule has 1 aliphatic rings. The summed E-state index contributed by atoms with van der Waals surface area (Å²) in [5.74, 6) is 1.25. The maximum absolute atomic E-state index is 9.97. The summed E-state index contributed by atoms with van der Waals surface area (Å²) in [6.45, 7) is 6.07. The molecule has 1 aliphatic heterocycles. The first kappa shape index (κ1) is 22.1. The second kappa shape index (κ2) is 9.17. The van der Waals surface area contributed by atoms with Gasteiger partial charge in [0.15, 0.2) is 0 Å². The van der Waals surface area contributed by atoms with Crippen molar-refractivity contribution in [3.05, 3.63) is 65.0 Å². The monoisotopic (exact) mass is 445 g/mol. The molecule has 0 unspecified atom stereocenters. The first-order valence-corrected chi connectivity index (χ1v) is 10.8. The molecule has 1 aromatic heterocycles. The van der Waals surface area contributed by atoms with Crippen LogP contribution in [0.5, 0.6) is 17.4 Å². The first-order chi connectivity index (χ1) is 16.1. The molecule has 2 heterocycles. The number of benzene rings is 2. The molecule has 0 aliphatic carbocycles. The summed E-state index contributed by atoms with van der Waals surface area (Å²) in [7, 11) is 3.21. The lowest BCUT2D eigenvalue weighted by atomic mass is 9.83. The van der Waals surface area contributed by atoms with Gasteiger partial charge in [0.1, 0.15) is 23.1 Å². The normalized spacial score (nSPS) is 14.8. The minimum absolute atomic E-state index is 0.0541. The van der Waals surface area contributed by atoms with Crippen molar-refractivity contribution in [3.8, 4) is 34.7 Å². The fourth-order valence-corrected chi connectivity index (χ4v) is 4.26. The fraction of sp³-hybridized carbons (Fsp3) is 0.280. The van der Waals surface area contributed by atoms with Crippen LogP contribution in [-0.4, -0.2) is 37.5 Å². The van der Waals surface area contributed by atoms with Crippen LogP contribution in [0.15, 0.2) is 53.9 Å². The third-order valence-electron chi connectivity index (χ3n) is 5.97. The molecular weight excluding hydrogens is 418 g/mol. The van der Waals surface area contributed by atoms with Gasteiger partial charge < -0.3 is 24.8 Å². The number of allylic oxidation sites excluding steroid dienone is 1. The molecule has 0 saturated heterocycles. The Morgan fingerprint density at radius 3 is 2.45 bits per heavy atom. The number of methoxy groups -OCH3 is 2. The van der Waals surface area contributed by atoms with E-state index in [0.29, 0.717) is 28.6 Å². The Kier molecular flexibility index (Phi) is 6.13. The average Bonchev–Trinajstić information content (AvgIpc) is 3.27. The van der Waals surface area contributed by atoms with E-state index in [-0.39, 0.29) is 5.88 Å². The van der Waals surface area contributed by atoms with Crippen LogP contribution < -0.4 is 24.8 Å². The Labute approximate surface area is 193 Å². The number of nitriles is 1. The number of fused-ring (bicyclic) bond motifs is 1. The molecule has 170 valence electrons. The molecule has 0 spiro atoms. The number of nitrogens with one attached hydrogen (secondary N) is 1. The highest BCUT2D eigenvalue weighted by Crippen LogP contribution is 2.47. The highest BCUT2D eigenvalue weighted by molar-refractivity contribution is 5.76. The van der Waals surface area contributed by atoms with Crippen LogP contribution in [0.3, 0.4) is 0 Å². The predicted molar refractivity (Wildman–Crippen MR) is 126 cm³/mol. The zero-order valence-electron chi connectivity index (χ0n) is 19.2. The molecule has 0 radical (unpaired) electrons. The molecule has 0 saturated carbocycles. The number of hydrogen-bond donors (Lipinski definition) is 2. The molecule has 33 heavy (non-hydrogen) atoms. The number of H-pyrrole nitrogens is 1. The smallest absolute Gasteiger partial charge is 0.244 e. The van der Waals surface area contributed by atoms with Crippen LogP contribution in [0, 0.1) is 11.3 Å². The Bertz CT molecular complexity index is 1220. The van der Waals surface area contributed by atoms with Gasteiger partial charge in [-0.2, -0.15) is 5.26 Å². The molecule has 4 rings (SSSR count).